The lowest BCUT2D eigenvalue weighted by atomic mass is 10.2. The summed E-state index contributed by atoms with van der Waals surface area (Å²) in [5, 5.41) is 5.47. The molecule has 130 valence electrons. The van der Waals surface area contributed by atoms with E-state index in [2.05, 4.69) is 15.6 Å². The van der Waals surface area contributed by atoms with Crippen molar-refractivity contribution in [3.63, 3.8) is 0 Å². The molecule has 1 heterocycles. The maximum Gasteiger partial charge on any atom is 0.449 e. The molecule has 2 amide bonds. The Labute approximate surface area is 137 Å². The Balaban J connectivity index is 1.66. The summed E-state index contributed by atoms with van der Waals surface area (Å²) < 4.78 is 40.6. The molecule has 0 aliphatic heterocycles. The van der Waals surface area contributed by atoms with Crippen molar-refractivity contribution < 1.29 is 18.0 Å². The van der Waals surface area contributed by atoms with Gasteiger partial charge in [-0.1, -0.05) is 25.0 Å². The van der Waals surface area contributed by atoms with Gasteiger partial charge in [0, 0.05) is 19.1 Å². The molecule has 0 spiro atoms. The van der Waals surface area contributed by atoms with Crippen molar-refractivity contribution in [1.29, 1.82) is 0 Å². The molecule has 2 N–H and O–H groups in total. The predicted molar refractivity (Wildman–Crippen MR) is 83.5 cm³/mol. The lowest BCUT2D eigenvalue weighted by molar-refractivity contribution is -0.146. The van der Waals surface area contributed by atoms with Gasteiger partial charge in [-0.2, -0.15) is 13.2 Å². The third-order valence-corrected chi connectivity index (χ3v) is 4.22. The number of aromatic nitrogens is 2. The van der Waals surface area contributed by atoms with Gasteiger partial charge in [0.05, 0.1) is 11.0 Å². The molecule has 8 heteroatoms. The van der Waals surface area contributed by atoms with Crippen LogP contribution in [0.3, 0.4) is 0 Å². The quantitative estimate of drug-likeness (QED) is 0.897. The van der Waals surface area contributed by atoms with Crippen LogP contribution in [0.2, 0.25) is 0 Å². The number of rotatable bonds is 4. The maximum atomic E-state index is 13.2. The van der Waals surface area contributed by atoms with Crippen molar-refractivity contribution >= 4 is 17.1 Å². The van der Waals surface area contributed by atoms with Crippen molar-refractivity contribution in [3.05, 3.63) is 30.1 Å². The van der Waals surface area contributed by atoms with Gasteiger partial charge in [0.25, 0.3) is 0 Å². The van der Waals surface area contributed by atoms with E-state index >= 15 is 0 Å². The van der Waals surface area contributed by atoms with Crippen LogP contribution >= 0.6 is 0 Å². The number of halogens is 3. The topological polar surface area (TPSA) is 59.0 Å². The summed E-state index contributed by atoms with van der Waals surface area (Å²) in [6.45, 7) is 0.107. The summed E-state index contributed by atoms with van der Waals surface area (Å²) in [6.07, 6.45) is -0.428. The number of benzene rings is 1. The number of alkyl halides is 3. The van der Waals surface area contributed by atoms with Crippen molar-refractivity contribution in [1.82, 2.24) is 20.2 Å². The van der Waals surface area contributed by atoms with Gasteiger partial charge in [-0.3, -0.25) is 0 Å². The zero-order chi connectivity index (χ0) is 17.2. The Morgan fingerprint density at radius 3 is 2.67 bits per heavy atom. The number of carbonyl (C=O) groups excluding carboxylic acids is 1. The largest absolute Gasteiger partial charge is 0.449 e. The molecule has 0 unspecified atom stereocenters. The standard InChI is InChI=1S/C16H19F3N4O/c17-16(18,19)14-22-12-7-3-4-8-13(12)23(14)10-9-20-15(24)21-11-5-1-2-6-11/h3-4,7-8,11H,1-2,5-6,9-10H2,(H2,20,21,24). The van der Waals surface area contributed by atoms with Gasteiger partial charge in [-0.15, -0.1) is 0 Å². The summed E-state index contributed by atoms with van der Waals surface area (Å²) in [7, 11) is 0. The Kier molecular flexibility index (Phi) is 4.64. The van der Waals surface area contributed by atoms with Gasteiger partial charge in [0.1, 0.15) is 0 Å². The molecule has 0 radical (unpaired) electrons. The molecule has 1 saturated carbocycles. The summed E-state index contributed by atoms with van der Waals surface area (Å²) in [5.41, 5.74) is 0.697. The molecule has 0 saturated heterocycles. The average Bonchev–Trinajstić information content (AvgIpc) is 3.15. The number of amides is 2. The monoisotopic (exact) mass is 340 g/mol. The van der Waals surface area contributed by atoms with E-state index in [0.717, 1.165) is 30.3 Å². The molecule has 0 bridgehead atoms. The van der Waals surface area contributed by atoms with Crippen LogP contribution < -0.4 is 10.6 Å². The normalized spacial score (nSPS) is 15.8. The number of carbonyl (C=O) groups is 1. The molecular formula is C16H19F3N4O. The van der Waals surface area contributed by atoms with E-state index in [1.54, 1.807) is 24.3 Å². The van der Waals surface area contributed by atoms with Crippen LogP contribution in [0, 0.1) is 0 Å². The summed E-state index contributed by atoms with van der Waals surface area (Å²) in [4.78, 5) is 15.5. The number of para-hydroxylation sites is 2. The highest BCUT2D eigenvalue weighted by molar-refractivity contribution is 5.76. The maximum absolute atomic E-state index is 13.2. The Morgan fingerprint density at radius 1 is 1.25 bits per heavy atom. The number of nitrogens with one attached hydrogen (secondary N) is 2. The third kappa shape index (κ3) is 3.63. The summed E-state index contributed by atoms with van der Waals surface area (Å²) in [6, 6.07) is 6.29. The first kappa shape index (κ1) is 16.6. The second kappa shape index (κ2) is 6.70. The van der Waals surface area contributed by atoms with E-state index in [0.29, 0.717) is 11.0 Å². The van der Waals surface area contributed by atoms with E-state index in [1.807, 2.05) is 0 Å². The smallest absolute Gasteiger partial charge is 0.336 e. The number of imidazole rings is 1. The van der Waals surface area contributed by atoms with Gasteiger partial charge in [-0.05, 0) is 25.0 Å². The third-order valence-electron chi connectivity index (χ3n) is 4.22. The first-order valence-corrected chi connectivity index (χ1v) is 8.02. The number of hydrogen-bond acceptors (Lipinski definition) is 2. The zero-order valence-corrected chi connectivity index (χ0v) is 13.1. The number of hydrogen-bond donors (Lipinski definition) is 2. The molecule has 2 aromatic rings. The second-order valence-electron chi connectivity index (χ2n) is 5.96. The van der Waals surface area contributed by atoms with Gasteiger partial charge in [0.15, 0.2) is 0 Å². The van der Waals surface area contributed by atoms with Crippen LogP contribution in [-0.2, 0) is 12.7 Å². The fraction of sp³-hybridized carbons (Fsp3) is 0.500. The van der Waals surface area contributed by atoms with E-state index in [1.165, 1.54) is 0 Å². The van der Waals surface area contributed by atoms with Gasteiger partial charge in [0.2, 0.25) is 5.82 Å². The number of nitrogens with zero attached hydrogens (tertiary/aromatic N) is 2. The molecule has 1 aromatic heterocycles. The lowest BCUT2D eigenvalue weighted by Crippen LogP contribution is -2.42. The number of fused-ring (bicyclic) bond motifs is 1. The predicted octanol–water partition coefficient (Wildman–Crippen LogP) is 3.30. The number of urea groups is 1. The highest BCUT2D eigenvalue weighted by Crippen LogP contribution is 2.31. The van der Waals surface area contributed by atoms with Crippen molar-refractivity contribution in [2.45, 2.75) is 44.4 Å². The highest BCUT2D eigenvalue weighted by atomic mass is 19.4. The SMILES string of the molecule is O=C(NCCn1c(C(F)(F)F)nc2ccccc21)NC1CCCC1. The molecule has 1 aliphatic rings. The van der Waals surface area contributed by atoms with Gasteiger partial charge < -0.3 is 15.2 Å². The van der Waals surface area contributed by atoms with Crippen LogP contribution in [0.5, 0.6) is 0 Å². The molecule has 1 aliphatic carbocycles. The minimum Gasteiger partial charge on any atom is -0.336 e. The van der Waals surface area contributed by atoms with Crippen LogP contribution in [0.1, 0.15) is 31.5 Å². The highest BCUT2D eigenvalue weighted by Gasteiger charge is 2.37. The molecule has 0 atom stereocenters. The van der Waals surface area contributed by atoms with E-state index in [4.69, 9.17) is 0 Å². The molecule has 3 rings (SSSR count). The van der Waals surface area contributed by atoms with Crippen LogP contribution in [0.4, 0.5) is 18.0 Å². The molecule has 5 nitrogen and oxygen atoms in total. The Bertz CT molecular complexity index is 720. The van der Waals surface area contributed by atoms with E-state index in [9.17, 15) is 18.0 Å². The molecule has 1 fully saturated rings. The summed E-state index contributed by atoms with van der Waals surface area (Å²) >= 11 is 0. The fourth-order valence-electron chi connectivity index (χ4n) is 3.11. The van der Waals surface area contributed by atoms with Crippen LogP contribution in [0.25, 0.3) is 11.0 Å². The summed E-state index contributed by atoms with van der Waals surface area (Å²) in [5.74, 6) is -0.943. The van der Waals surface area contributed by atoms with Crippen LogP contribution in [-0.4, -0.2) is 28.2 Å². The lowest BCUT2D eigenvalue weighted by Gasteiger charge is -2.14. The van der Waals surface area contributed by atoms with E-state index in [-0.39, 0.29) is 25.2 Å². The first-order valence-electron chi connectivity index (χ1n) is 8.02. The van der Waals surface area contributed by atoms with Crippen molar-refractivity contribution in [2.24, 2.45) is 0 Å². The van der Waals surface area contributed by atoms with Crippen molar-refractivity contribution in [3.8, 4) is 0 Å². The van der Waals surface area contributed by atoms with Crippen LogP contribution in [0.15, 0.2) is 24.3 Å². The second-order valence-corrected chi connectivity index (χ2v) is 5.96. The molecule has 1 aromatic carbocycles. The minimum atomic E-state index is -4.54. The van der Waals surface area contributed by atoms with E-state index < -0.39 is 12.0 Å². The Morgan fingerprint density at radius 2 is 1.96 bits per heavy atom. The van der Waals surface area contributed by atoms with Gasteiger partial charge in [-0.25, -0.2) is 9.78 Å². The zero-order valence-electron chi connectivity index (χ0n) is 13.1. The molecular weight excluding hydrogens is 321 g/mol. The van der Waals surface area contributed by atoms with Gasteiger partial charge >= 0.3 is 12.2 Å². The fourth-order valence-corrected chi connectivity index (χ4v) is 3.11. The minimum absolute atomic E-state index is 0.00738. The first-order chi connectivity index (χ1) is 11.4. The van der Waals surface area contributed by atoms with Crippen molar-refractivity contribution in [2.75, 3.05) is 6.54 Å². The molecule has 24 heavy (non-hydrogen) atoms. The Hall–Kier alpha value is -2.25. The average molecular weight is 340 g/mol.